The molecule has 5 nitrogen and oxygen atoms in total. The number of carbonyl (C=O) groups excluding carboxylic acids is 1. The van der Waals surface area contributed by atoms with E-state index in [4.69, 9.17) is 0 Å². The summed E-state index contributed by atoms with van der Waals surface area (Å²) in [6.07, 6.45) is 1.38. The monoisotopic (exact) mass is 408 g/mol. The Morgan fingerprint density at radius 3 is 2.48 bits per heavy atom. The third-order valence-electron chi connectivity index (χ3n) is 5.42. The van der Waals surface area contributed by atoms with Gasteiger partial charge in [-0.25, -0.2) is 8.42 Å². The van der Waals surface area contributed by atoms with Gasteiger partial charge in [0, 0.05) is 19.6 Å². The van der Waals surface area contributed by atoms with Gasteiger partial charge in [-0.15, -0.1) is 0 Å². The highest BCUT2D eigenvalue weighted by Gasteiger charge is 2.33. The normalized spacial score (nSPS) is 17.9. The van der Waals surface area contributed by atoms with E-state index < -0.39 is 10.0 Å². The molecule has 1 heterocycles. The molecule has 1 aliphatic heterocycles. The Kier molecular flexibility index (Phi) is 5.65. The van der Waals surface area contributed by atoms with Crippen LogP contribution in [0.3, 0.4) is 0 Å². The third kappa shape index (κ3) is 4.33. The van der Waals surface area contributed by atoms with Gasteiger partial charge in [-0.1, -0.05) is 54.6 Å². The van der Waals surface area contributed by atoms with Crippen molar-refractivity contribution in [3.05, 3.63) is 78.4 Å². The lowest BCUT2D eigenvalue weighted by atomic mass is 9.98. The number of piperidine rings is 1. The lowest BCUT2D eigenvalue weighted by molar-refractivity contribution is -0.126. The maximum absolute atomic E-state index is 12.9. The molecule has 4 rings (SSSR count). The van der Waals surface area contributed by atoms with Crippen molar-refractivity contribution in [2.45, 2.75) is 24.3 Å². The Balaban J connectivity index is 1.40. The minimum Gasteiger partial charge on any atom is -0.352 e. The van der Waals surface area contributed by atoms with Gasteiger partial charge in [0.2, 0.25) is 15.9 Å². The van der Waals surface area contributed by atoms with Crippen LogP contribution in [0.15, 0.2) is 77.7 Å². The molecule has 0 unspecified atom stereocenters. The Morgan fingerprint density at radius 2 is 1.69 bits per heavy atom. The number of fused-ring (bicyclic) bond motifs is 1. The van der Waals surface area contributed by atoms with Crippen LogP contribution in [-0.4, -0.2) is 31.7 Å². The summed E-state index contributed by atoms with van der Waals surface area (Å²) >= 11 is 0. The van der Waals surface area contributed by atoms with Crippen molar-refractivity contribution in [2.75, 3.05) is 13.1 Å². The molecule has 1 aliphatic rings. The first kappa shape index (κ1) is 19.6. The summed E-state index contributed by atoms with van der Waals surface area (Å²) < 4.78 is 27.1. The quantitative estimate of drug-likeness (QED) is 0.702. The molecular formula is C23H24N2O3S. The molecule has 0 bridgehead atoms. The van der Waals surface area contributed by atoms with Crippen molar-refractivity contribution >= 4 is 26.7 Å². The van der Waals surface area contributed by atoms with Crippen molar-refractivity contribution in [2.24, 2.45) is 5.92 Å². The van der Waals surface area contributed by atoms with Gasteiger partial charge in [0.15, 0.2) is 0 Å². The summed E-state index contributed by atoms with van der Waals surface area (Å²) in [4.78, 5) is 13.0. The van der Waals surface area contributed by atoms with E-state index in [2.05, 4.69) is 17.4 Å². The standard InChI is InChI=1S/C23H24N2O3S/c26-23(24-16-18-12-13-19-7-4-5-8-20(19)15-18)21-9-6-14-25(17-21)29(27,28)22-10-2-1-3-11-22/h1-5,7-8,10-13,15,21H,6,9,14,16-17H2,(H,24,26)/t21-/m0/s1. The Bertz CT molecular complexity index is 1110. The number of nitrogens with zero attached hydrogens (tertiary/aromatic N) is 1. The van der Waals surface area contributed by atoms with Crippen LogP contribution in [-0.2, 0) is 21.4 Å². The first-order valence-electron chi connectivity index (χ1n) is 9.84. The van der Waals surface area contributed by atoms with Crippen LogP contribution >= 0.6 is 0 Å². The first-order valence-corrected chi connectivity index (χ1v) is 11.3. The lowest BCUT2D eigenvalue weighted by Crippen LogP contribution is -2.45. The van der Waals surface area contributed by atoms with Crippen LogP contribution in [0.1, 0.15) is 18.4 Å². The van der Waals surface area contributed by atoms with Crippen LogP contribution < -0.4 is 5.32 Å². The van der Waals surface area contributed by atoms with Crippen molar-refractivity contribution < 1.29 is 13.2 Å². The zero-order chi connectivity index (χ0) is 20.3. The highest BCUT2D eigenvalue weighted by atomic mass is 32.2. The third-order valence-corrected chi connectivity index (χ3v) is 7.30. The van der Waals surface area contributed by atoms with Crippen molar-refractivity contribution in [1.82, 2.24) is 9.62 Å². The van der Waals surface area contributed by atoms with Gasteiger partial charge in [0.1, 0.15) is 0 Å². The highest BCUT2D eigenvalue weighted by molar-refractivity contribution is 7.89. The number of benzene rings is 3. The number of amides is 1. The van der Waals surface area contributed by atoms with E-state index in [1.807, 2.05) is 30.3 Å². The predicted molar refractivity (Wildman–Crippen MR) is 114 cm³/mol. The first-order chi connectivity index (χ1) is 14.0. The topological polar surface area (TPSA) is 66.5 Å². The average molecular weight is 409 g/mol. The predicted octanol–water partition coefficient (Wildman–Crippen LogP) is 3.56. The number of sulfonamides is 1. The van der Waals surface area contributed by atoms with Gasteiger partial charge < -0.3 is 5.32 Å². The summed E-state index contributed by atoms with van der Waals surface area (Å²) in [5.41, 5.74) is 1.03. The van der Waals surface area contributed by atoms with Gasteiger partial charge in [0.25, 0.3) is 0 Å². The molecule has 1 saturated heterocycles. The molecule has 1 atom stereocenters. The van der Waals surface area contributed by atoms with Crippen LogP contribution in [0.25, 0.3) is 10.8 Å². The maximum Gasteiger partial charge on any atom is 0.243 e. The molecule has 1 N–H and O–H groups in total. The smallest absolute Gasteiger partial charge is 0.243 e. The second-order valence-corrected chi connectivity index (χ2v) is 9.35. The second kappa shape index (κ2) is 8.35. The summed E-state index contributed by atoms with van der Waals surface area (Å²) in [6, 6.07) is 22.6. The molecule has 0 aliphatic carbocycles. The zero-order valence-electron chi connectivity index (χ0n) is 16.1. The Labute approximate surface area is 171 Å². The molecule has 6 heteroatoms. The van der Waals surface area contributed by atoms with E-state index >= 15 is 0 Å². The number of hydrogen-bond donors (Lipinski definition) is 1. The van der Waals surface area contributed by atoms with Gasteiger partial charge in [-0.2, -0.15) is 4.31 Å². The number of hydrogen-bond acceptors (Lipinski definition) is 3. The molecule has 1 amide bonds. The molecule has 3 aromatic carbocycles. The largest absolute Gasteiger partial charge is 0.352 e. The summed E-state index contributed by atoms with van der Waals surface area (Å²) in [5.74, 6) is -0.422. The van der Waals surface area contributed by atoms with Crippen molar-refractivity contribution in [3.8, 4) is 0 Å². The molecule has 29 heavy (non-hydrogen) atoms. The minimum absolute atomic E-state index is 0.0916. The number of rotatable bonds is 5. The van der Waals surface area contributed by atoms with Crippen LogP contribution in [0.5, 0.6) is 0 Å². The van der Waals surface area contributed by atoms with Gasteiger partial charge >= 0.3 is 0 Å². The molecule has 0 aromatic heterocycles. The van der Waals surface area contributed by atoms with Crippen LogP contribution in [0.2, 0.25) is 0 Å². The molecular weight excluding hydrogens is 384 g/mol. The van der Waals surface area contributed by atoms with Crippen molar-refractivity contribution in [1.29, 1.82) is 0 Å². The van der Waals surface area contributed by atoms with E-state index in [0.29, 0.717) is 25.9 Å². The van der Waals surface area contributed by atoms with Crippen molar-refractivity contribution in [3.63, 3.8) is 0 Å². The minimum atomic E-state index is -3.57. The molecule has 150 valence electrons. The fraction of sp³-hybridized carbons (Fsp3) is 0.261. The zero-order valence-corrected chi connectivity index (χ0v) is 16.9. The van der Waals surface area contributed by atoms with Gasteiger partial charge in [0.05, 0.1) is 10.8 Å². The van der Waals surface area contributed by atoms with Gasteiger partial charge in [-0.3, -0.25) is 4.79 Å². The SMILES string of the molecule is O=C(NCc1ccc2ccccc2c1)[C@H]1CCCN(S(=O)(=O)c2ccccc2)C1. The molecule has 1 fully saturated rings. The molecule has 3 aromatic rings. The van der Waals surface area contributed by atoms with Crippen LogP contribution in [0, 0.1) is 5.92 Å². The molecule has 0 radical (unpaired) electrons. The van der Waals surface area contributed by atoms with E-state index in [1.165, 1.54) is 4.31 Å². The Hall–Kier alpha value is -2.70. The van der Waals surface area contributed by atoms with E-state index in [-0.39, 0.29) is 23.3 Å². The van der Waals surface area contributed by atoms with Gasteiger partial charge in [-0.05, 0) is 47.4 Å². The second-order valence-electron chi connectivity index (χ2n) is 7.41. The van der Waals surface area contributed by atoms with Crippen LogP contribution in [0.4, 0.5) is 0 Å². The maximum atomic E-state index is 12.9. The lowest BCUT2D eigenvalue weighted by Gasteiger charge is -2.31. The highest BCUT2D eigenvalue weighted by Crippen LogP contribution is 2.24. The summed E-state index contributed by atoms with van der Waals surface area (Å²) in [5, 5.41) is 5.28. The van der Waals surface area contributed by atoms with E-state index in [9.17, 15) is 13.2 Å². The number of carbonyl (C=O) groups is 1. The number of nitrogens with one attached hydrogen (secondary N) is 1. The summed E-state index contributed by atoms with van der Waals surface area (Å²) in [7, 11) is -3.57. The van der Waals surface area contributed by atoms with E-state index in [0.717, 1.165) is 16.3 Å². The fourth-order valence-corrected chi connectivity index (χ4v) is 5.34. The summed E-state index contributed by atoms with van der Waals surface area (Å²) in [6.45, 7) is 1.11. The molecule has 0 spiro atoms. The Morgan fingerprint density at radius 1 is 0.966 bits per heavy atom. The average Bonchev–Trinajstić information content (AvgIpc) is 2.78. The molecule has 0 saturated carbocycles. The fourth-order valence-electron chi connectivity index (χ4n) is 3.80. The van der Waals surface area contributed by atoms with E-state index in [1.54, 1.807) is 30.3 Å².